The van der Waals surface area contributed by atoms with Crippen molar-refractivity contribution in [3.05, 3.63) is 54.1 Å². The molecule has 0 aromatic heterocycles. The topological polar surface area (TPSA) is 75.7 Å². The summed E-state index contributed by atoms with van der Waals surface area (Å²) in [5, 5.41) is 2.55. The van der Waals surface area contributed by atoms with Crippen molar-refractivity contribution >= 4 is 21.6 Å². The Balaban J connectivity index is 1.81. The molecule has 1 N–H and O–H groups in total. The van der Waals surface area contributed by atoms with Gasteiger partial charge in [0.2, 0.25) is 10.0 Å². The third-order valence-electron chi connectivity index (χ3n) is 4.64. The van der Waals surface area contributed by atoms with Gasteiger partial charge in [-0.25, -0.2) is 8.42 Å². The molecule has 0 atom stereocenters. The Kier molecular flexibility index (Phi) is 6.81. The molecular formula is C20H22F2N2O4S. The summed E-state index contributed by atoms with van der Waals surface area (Å²) in [5.41, 5.74) is 0.173. The Morgan fingerprint density at radius 2 is 1.69 bits per heavy atom. The van der Waals surface area contributed by atoms with E-state index in [2.05, 4.69) is 10.1 Å². The first kappa shape index (κ1) is 21.2. The standard InChI is InChI=1S/C20H22F2N2O4S/c21-20(22)28-18-11-4-3-10-17(18)19(25)23-15-8-7-9-16(14-15)29(26,27)24-12-5-1-2-6-13-24/h3-4,7-11,14,20H,1-2,5-6,12-13H2,(H,23,25). The van der Waals surface area contributed by atoms with Gasteiger partial charge in [0.15, 0.2) is 0 Å². The van der Waals surface area contributed by atoms with Gasteiger partial charge in [0.1, 0.15) is 5.75 Å². The third-order valence-corrected chi connectivity index (χ3v) is 6.54. The molecule has 0 bridgehead atoms. The SMILES string of the molecule is O=C(Nc1cccc(S(=O)(=O)N2CCCCCC2)c1)c1ccccc1OC(F)F. The lowest BCUT2D eigenvalue weighted by molar-refractivity contribution is -0.0501. The smallest absolute Gasteiger partial charge is 0.387 e. The van der Waals surface area contributed by atoms with Crippen LogP contribution in [-0.4, -0.2) is 38.3 Å². The van der Waals surface area contributed by atoms with E-state index in [9.17, 15) is 22.0 Å². The highest BCUT2D eigenvalue weighted by molar-refractivity contribution is 7.89. The van der Waals surface area contributed by atoms with Crippen LogP contribution in [-0.2, 0) is 10.0 Å². The molecule has 3 rings (SSSR count). The Labute approximate surface area is 168 Å². The highest BCUT2D eigenvalue weighted by Crippen LogP contribution is 2.25. The number of carbonyl (C=O) groups is 1. The number of ether oxygens (including phenoxy) is 1. The minimum absolute atomic E-state index is 0.0754. The molecule has 9 heteroatoms. The second-order valence-corrected chi connectivity index (χ2v) is 8.61. The molecule has 0 unspecified atom stereocenters. The van der Waals surface area contributed by atoms with Crippen LogP contribution in [0.2, 0.25) is 0 Å². The van der Waals surface area contributed by atoms with E-state index in [-0.39, 0.29) is 21.9 Å². The monoisotopic (exact) mass is 424 g/mol. The quantitative estimate of drug-likeness (QED) is 0.757. The molecule has 1 amide bonds. The molecule has 0 aliphatic carbocycles. The van der Waals surface area contributed by atoms with Gasteiger partial charge in [-0.2, -0.15) is 13.1 Å². The molecule has 0 radical (unpaired) electrons. The fourth-order valence-corrected chi connectivity index (χ4v) is 4.78. The summed E-state index contributed by atoms with van der Waals surface area (Å²) in [6.45, 7) is -2.12. The van der Waals surface area contributed by atoms with Crippen molar-refractivity contribution in [1.29, 1.82) is 0 Å². The van der Waals surface area contributed by atoms with E-state index in [1.807, 2.05) is 0 Å². The molecule has 0 spiro atoms. The summed E-state index contributed by atoms with van der Waals surface area (Å²) < 4.78 is 56.8. The minimum atomic E-state index is -3.67. The number of nitrogens with one attached hydrogen (secondary N) is 1. The van der Waals surface area contributed by atoms with Gasteiger partial charge in [0, 0.05) is 18.8 Å². The van der Waals surface area contributed by atoms with E-state index in [4.69, 9.17) is 0 Å². The zero-order valence-electron chi connectivity index (χ0n) is 15.7. The Morgan fingerprint density at radius 3 is 2.38 bits per heavy atom. The number of sulfonamides is 1. The lowest BCUT2D eigenvalue weighted by Gasteiger charge is -2.20. The molecule has 1 aliphatic heterocycles. The van der Waals surface area contributed by atoms with Crippen LogP contribution in [0.25, 0.3) is 0 Å². The van der Waals surface area contributed by atoms with Gasteiger partial charge in [0.05, 0.1) is 10.5 Å². The van der Waals surface area contributed by atoms with Crippen LogP contribution in [0.5, 0.6) is 5.75 Å². The number of nitrogens with zero attached hydrogens (tertiary/aromatic N) is 1. The number of hydrogen-bond donors (Lipinski definition) is 1. The first-order valence-corrected chi connectivity index (χ1v) is 10.8. The van der Waals surface area contributed by atoms with Crippen LogP contribution >= 0.6 is 0 Å². The molecule has 1 heterocycles. The van der Waals surface area contributed by atoms with Crippen molar-refractivity contribution in [1.82, 2.24) is 4.31 Å². The van der Waals surface area contributed by atoms with E-state index in [1.54, 1.807) is 0 Å². The fraction of sp³-hybridized carbons (Fsp3) is 0.350. The maximum atomic E-state index is 12.9. The Morgan fingerprint density at radius 1 is 1.00 bits per heavy atom. The van der Waals surface area contributed by atoms with E-state index in [0.717, 1.165) is 25.7 Å². The second kappa shape index (κ2) is 9.32. The Hall–Kier alpha value is -2.52. The van der Waals surface area contributed by atoms with Crippen LogP contribution < -0.4 is 10.1 Å². The lowest BCUT2D eigenvalue weighted by atomic mass is 10.2. The lowest BCUT2D eigenvalue weighted by Crippen LogP contribution is -2.32. The molecule has 29 heavy (non-hydrogen) atoms. The summed E-state index contributed by atoms with van der Waals surface area (Å²) in [6, 6.07) is 11.5. The first-order chi connectivity index (χ1) is 13.9. The van der Waals surface area contributed by atoms with E-state index >= 15 is 0 Å². The number of alkyl halides is 2. The summed E-state index contributed by atoms with van der Waals surface area (Å²) in [7, 11) is -3.67. The van der Waals surface area contributed by atoms with Crippen molar-refractivity contribution in [2.45, 2.75) is 37.2 Å². The molecule has 6 nitrogen and oxygen atoms in total. The number of hydrogen-bond acceptors (Lipinski definition) is 4. The number of anilines is 1. The number of rotatable bonds is 6. The number of amides is 1. The zero-order chi connectivity index (χ0) is 20.9. The van der Waals surface area contributed by atoms with Crippen molar-refractivity contribution in [3.63, 3.8) is 0 Å². The fourth-order valence-electron chi connectivity index (χ4n) is 3.22. The van der Waals surface area contributed by atoms with Crippen LogP contribution in [0.3, 0.4) is 0 Å². The van der Waals surface area contributed by atoms with Crippen molar-refractivity contribution in [3.8, 4) is 5.75 Å². The van der Waals surface area contributed by atoms with Crippen molar-refractivity contribution in [2.24, 2.45) is 0 Å². The maximum absolute atomic E-state index is 12.9. The molecule has 1 fully saturated rings. The molecule has 1 saturated heterocycles. The molecule has 1 aliphatic rings. The zero-order valence-corrected chi connectivity index (χ0v) is 16.5. The predicted molar refractivity (Wildman–Crippen MR) is 105 cm³/mol. The predicted octanol–water partition coefficient (Wildman–Crippen LogP) is 4.11. The summed E-state index contributed by atoms with van der Waals surface area (Å²) in [6.07, 6.45) is 3.64. The van der Waals surface area contributed by atoms with E-state index in [0.29, 0.717) is 13.1 Å². The first-order valence-electron chi connectivity index (χ1n) is 9.33. The Bertz CT molecular complexity index is 958. The van der Waals surface area contributed by atoms with Gasteiger partial charge < -0.3 is 10.1 Å². The van der Waals surface area contributed by atoms with E-state index < -0.39 is 22.5 Å². The average molecular weight is 424 g/mol. The molecular weight excluding hydrogens is 402 g/mol. The molecule has 156 valence electrons. The summed E-state index contributed by atoms with van der Waals surface area (Å²) in [5.74, 6) is -0.932. The van der Waals surface area contributed by atoms with Gasteiger partial charge in [-0.3, -0.25) is 4.79 Å². The third kappa shape index (κ3) is 5.30. The van der Waals surface area contributed by atoms with Crippen LogP contribution in [0.4, 0.5) is 14.5 Å². The number of benzene rings is 2. The summed E-state index contributed by atoms with van der Waals surface area (Å²) >= 11 is 0. The number of halogens is 2. The normalized spacial score (nSPS) is 15.7. The molecule has 0 saturated carbocycles. The van der Waals surface area contributed by atoms with E-state index in [1.165, 1.54) is 52.8 Å². The molecule has 2 aromatic rings. The van der Waals surface area contributed by atoms with Gasteiger partial charge >= 0.3 is 6.61 Å². The second-order valence-electron chi connectivity index (χ2n) is 6.67. The summed E-state index contributed by atoms with van der Waals surface area (Å²) in [4.78, 5) is 12.6. The van der Waals surface area contributed by atoms with Crippen LogP contribution in [0.1, 0.15) is 36.0 Å². The van der Waals surface area contributed by atoms with Gasteiger partial charge in [-0.1, -0.05) is 31.0 Å². The van der Waals surface area contributed by atoms with Crippen molar-refractivity contribution in [2.75, 3.05) is 18.4 Å². The van der Waals surface area contributed by atoms with Gasteiger partial charge in [-0.15, -0.1) is 0 Å². The average Bonchev–Trinajstić information content (AvgIpc) is 2.98. The number of carbonyl (C=O) groups excluding carboxylic acids is 1. The van der Waals surface area contributed by atoms with Crippen LogP contribution in [0, 0.1) is 0 Å². The van der Waals surface area contributed by atoms with Crippen LogP contribution in [0.15, 0.2) is 53.4 Å². The minimum Gasteiger partial charge on any atom is -0.434 e. The highest BCUT2D eigenvalue weighted by Gasteiger charge is 2.25. The van der Waals surface area contributed by atoms with Gasteiger partial charge in [0.25, 0.3) is 5.91 Å². The highest BCUT2D eigenvalue weighted by atomic mass is 32.2. The van der Waals surface area contributed by atoms with Crippen molar-refractivity contribution < 1.29 is 26.7 Å². The largest absolute Gasteiger partial charge is 0.434 e. The van der Waals surface area contributed by atoms with Gasteiger partial charge in [-0.05, 0) is 43.2 Å². The molecule has 2 aromatic carbocycles. The number of para-hydroxylation sites is 1. The maximum Gasteiger partial charge on any atom is 0.387 e.